The Bertz CT molecular complexity index is 991. The van der Waals surface area contributed by atoms with Crippen LogP contribution in [0.2, 0.25) is 0 Å². The molecule has 31 heavy (non-hydrogen) atoms. The first-order valence-corrected chi connectivity index (χ1v) is 11.6. The van der Waals surface area contributed by atoms with E-state index in [4.69, 9.17) is 5.41 Å². The Morgan fingerprint density at radius 3 is 2.35 bits per heavy atom. The third-order valence-corrected chi connectivity index (χ3v) is 7.35. The number of nitrogens with zero attached hydrogens (tertiary/aromatic N) is 2. The number of piperidine rings is 1. The van der Waals surface area contributed by atoms with Crippen LogP contribution in [-0.4, -0.2) is 36.9 Å². The zero-order valence-corrected chi connectivity index (χ0v) is 18.5. The van der Waals surface area contributed by atoms with Crippen molar-refractivity contribution in [1.82, 2.24) is 10.2 Å². The van der Waals surface area contributed by atoms with Crippen LogP contribution in [-0.2, 0) is 10.3 Å². The number of anilines is 1. The minimum atomic E-state index is -0.687. The average molecular weight is 417 g/mol. The third kappa shape index (κ3) is 3.60. The molecule has 2 aromatic rings. The number of amides is 1. The number of benzene rings is 2. The molecular formula is C26H32N4O. The second-order valence-electron chi connectivity index (χ2n) is 9.55. The van der Waals surface area contributed by atoms with Crippen LogP contribution in [0.15, 0.2) is 48.5 Å². The minimum absolute atomic E-state index is 0.0335. The van der Waals surface area contributed by atoms with Gasteiger partial charge in [0, 0.05) is 25.8 Å². The molecule has 2 heterocycles. The summed E-state index contributed by atoms with van der Waals surface area (Å²) >= 11 is 0. The summed E-state index contributed by atoms with van der Waals surface area (Å²) in [6.45, 7) is 4.23. The van der Waals surface area contributed by atoms with Gasteiger partial charge in [0.1, 0.15) is 0 Å². The number of nitrogens with one attached hydrogen (secondary N) is 2. The number of carbonyl (C=O) groups is 1. The van der Waals surface area contributed by atoms with Gasteiger partial charge in [-0.15, -0.1) is 0 Å². The molecule has 0 radical (unpaired) electrons. The van der Waals surface area contributed by atoms with Crippen molar-refractivity contribution in [1.29, 1.82) is 5.41 Å². The molecular weight excluding hydrogens is 384 g/mol. The van der Waals surface area contributed by atoms with Crippen molar-refractivity contribution < 1.29 is 4.79 Å². The Morgan fingerprint density at radius 1 is 1.00 bits per heavy atom. The molecule has 0 unspecified atom stereocenters. The molecule has 2 N–H and O–H groups in total. The largest absolute Gasteiger partial charge is 0.372 e. The molecule has 3 aliphatic rings. The summed E-state index contributed by atoms with van der Waals surface area (Å²) in [6.07, 6.45) is 6.29. The average Bonchev–Trinajstić information content (AvgIpc) is 3.64. The highest BCUT2D eigenvalue weighted by molar-refractivity contribution is 6.02. The van der Waals surface area contributed by atoms with Crippen molar-refractivity contribution in [2.24, 2.45) is 0 Å². The van der Waals surface area contributed by atoms with Gasteiger partial charge in [0.05, 0.1) is 11.5 Å². The normalized spacial score (nSPS) is 26.7. The van der Waals surface area contributed by atoms with E-state index in [-0.39, 0.29) is 11.9 Å². The van der Waals surface area contributed by atoms with Gasteiger partial charge in [-0.1, -0.05) is 36.4 Å². The van der Waals surface area contributed by atoms with Gasteiger partial charge in [-0.3, -0.25) is 15.1 Å². The zero-order chi connectivity index (χ0) is 21.6. The summed E-state index contributed by atoms with van der Waals surface area (Å²) in [5.41, 5.74) is 3.95. The summed E-state index contributed by atoms with van der Waals surface area (Å²) in [5, 5.41) is 11.8. The molecule has 5 rings (SSSR count). The lowest BCUT2D eigenvalue weighted by molar-refractivity contribution is -0.131. The monoisotopic (exact) mass is 416 g/mol. The first-order chi connectivity index (χ1) is 15.0. The van der Waals surface area contributed by atoms with E-state index in [0.717, 1.165) is 24.2 Å². The van der Waals surface area contributed by atoms with Gasteiger partial charge in [-0.05, 0) is 73.8 Å². The highest BCUT2D eigenvalue weighted by atomic mass is 16.2. The number of rotatable bonds is 4. The molecule has 0 spiro atoms. The van der Waals surface area contributed by atoms with Crippen molar-refractivity contribution in [3.8, 4) is 0 Å². The molecule has 162 valence electrons. The predicted molar refractivity (Wildman–Crippen MR) is 125 cm³/mol. The van der Waals surface area contributed by atoms with Gasteiger partial charge in [0.2, 0.25) is 5.91 Å². The second kappa shape index (κ2) is 7.70. The maximum absolute atomic E-state index is 13.5. The molecule has 1 aliphatic carbocycles. The van der Waals surface area contributed by atoms with Gasteiger partial charge < -0.3 is 10.2 Å². The number of likely N-dealkylation sites (N-methyl/N-ethyl adjacent to an activating group) is 1. The van der Waals surface area contributed by atoms with Crippen molar-refractivity contribution in [3.63, 3.8) is 0 Å². The molecule has 3 fully saturated rings. The second-order valence-corrected chi connectivity index (χ2v) is 9.55. The Morgan fingerprint density at radius 2 is 1.68 bits per heavy atom. The minimum Gasteiger partial charge on any atom is -0.372 e. The first-order valence-electron chi connectivity index (χ1n) is 11.6. The summed E-state index contributed by atoms with van der Waals surface area (Å²) in [4.78, 5) is 17.4. The third-order valence-electron chi connectivity index (χ3n) is 7.35. The predicted octanol–water partition coefficient (Wildman–Crippen LogP) is 4.55. The highest BCUT2D eigenvalue weighted by Crippen LogP contribution is 2.44. The lowest BCUT2D eigenvalue weighted by atomic mass is 9.73. The maximum atomic E-state index is 13.5. The van der Waals surface area contributed by atoms with E-state index in [1.165, 1.54) is 48.3 Å². The molecule has 5 heteroatoms. The van der Waals surface area contributed by atoms with Crippen LogP contribution in [0.25, 0.3) is 0 Å². The topological polar surface area (TPSA) is 59.4 Å². The van der Waals surface area contributed by atoms with E-state index in [2.05, 4.69) is 65.7 Å². The Balaban J connectivity index is 1.54. The molecule has 2 saturated heterocycles. The summed E-state index contributed by atoms with van der Waals surface area (Å²) < 4.78 is 0. The van der Waals surface area contributed by atoms with Crippen LogP contribution >= 0.6 is 0 Å². The quantitative estimate of drug-likeness (QED) is 0.769. The van der Waals surface area contributed by atoms with Gasteiger partial charge in [0.25, 0.3) is 0 Å². The highest BCUT2D eigenvalue weighted by Gasteiger charge is 2.48. The molecule has 2 aliphatic heterocycles. The SMILES string of the molecule is CN1C(=N)N[C@](C)(c2cccc(N3CCCCC3)c2)[C@@H](c2ccc(C3CC3)cc2)C1=O. The lowest BCUT2D eigenvalue weighted by Crippen LogP contribution is -2.62. The van der Waals surface area contributed by atoms with E-state index in [9.17, 15) is 4.79 Å². The summed E-state index contributed by atoms with van der Waals surface area (Å²) in [5.74, 6) is 0.421. The molecule has 5 nitrogen and oxygen atoms in total. The summed E-state index contributed by atoms with van der Waals surface area (Å²) in [7, 11) is 1.69. The van der Waals surface area contributed by atoms with Crippen LogP contribution in [0.5, 0.6) is 0 Å². The van der Waals surface area contributed by atoms with E-state index < -0.39 is 11.5 Å². The van der Waals surface area contributed by atoms with E-state index in [0.29, 0.717) is 5.92 Å². The van der Waals surface area contributed by atoms with Crippen LogP contribution in [0.1, 0.15) is 67.6 Å². The Labute approximate surface area is 184 Å². The molecule has 1 amide bonds. The van der Waals surface area contributed by atoms with Gasteiger partial charge >= 0.3 is 0 Å². The van der Waals surface area contributed by atoms with Crippen molar-refractivity contribution in [3.05, 3.63) is 65.2 Å². The number of guanidine groups is 1. The van der Waals surface area contributed by atoms with E-state index in [1.54, 1.807) is 7.05 Å². The van der Waals surface area contributed by atoms with Gasteiger partial charge in [0.15, 0.2) is 5.96 Å². The van der Waals surface area contributed by atoms with Gasteiger partial charge in [-0.25, -0.2) is 0 Å². The maximum Gasteiger partial charge on any atom is 0.239 e. The van der Waals surface area contributed by atoms with Crippen LogP contribution < -0.4 is 10.2 Å². The van der Waals surface area contributed by atoms with E-state index in [1.807, 2.05) is 0 Å². The summed E-state index contributed by atoms with van der Waals surface area (Å²) in [6, 6.07) is 17.2. The van der Waals surface area contributed by atoms with E-state index >= 15 is 0 Å². The molecule has 2 atom stereocenters. The smallest absolute Gasteiger partial charge is 0.239 e. The lowest BCUT2D eigenvalue weighted by Gasteiger charge is -2.46. The fourth-order valence-electron chi connectivity index (χ4n) is 5.22. The standard InChI is InChI=1S/C26H32N4O/c1-26(21-7-6-8-22(17-21)30-15-4-3-5-16-30)23(24(31)29(2)25(27)28-26)20-13-11-19(12-14-20)18-9-10-18/h6-8,11-14,17-18,23H,3-5,9-10,15-16H2,1-2H3,(H2,27,28)/t23-,26+/m0/s1. The number of carbonyl (C=O) groups excluding carboxylic acids is 1. The van der Waals surface area contributed by atoms with Crippen molar-refractivity contribution >= 4 is 17.6 Å². The van der Waals surface area contributed by atoms with Crippen LogP contribution in [0, 0.1) is 5.41 Å². The Kier molecular flexibility index (Phi) is 4.99. The van der Waals surface area contributed by atoms with Crippen LogP contribution in [0.4, 0.5) is 5.69 Å². The molecule has 0 aromatic heterocycles. The van der Waals surface area contributed by atoms with Crippen LogP contribution in [0.3, 0.4) is 0 Å². The van der Waals surface area contributed by atoms with Crippen molar-refractivity contribution in [2.45, 2.75) is 56.4 Å². The fourth-order valence-corrected chi connectivity index (χ4v) is 5.22. The molecule has 2 aromatic carbocycles. The first kappa shape index (κ1) is 20.1. The number of hydrogen-bond donors (Lipinski definition) is 2. The zero-order valence-electron chi connectivity index (χ0n) is 18.5. The number of hydrogen-bond acceptors (Lipinski definition) is 3. The fraction of sp³-hybridized carbons (Fsp3) is 0.462. The Hall–Kier alpha value is -2.82. The molecule has 1 saturated carbocycles. The van der Waals surface area contributed by atoms with Gasteiger partial charge in [-0.2, -0.15) is 0 Å². The molecule has 0 bridgehead atoms. The van der Waals surface area contributed by atoms with Crippen molar-refractivity contribution in [2.75, 3.05) is 25.0 Å².